The molecule has 1 heterocycles. The van der Waals surface area contributed by atoms with Crippen molar-refractivity contribution in [2.75, 3.05) is 7.11 Å². The average molecular weight is 260 g/mol. The van der Waals surface area contributed by atoms with Crippen LogP contribution in [0.4, 0.5) is 0 Å². The van der Waals surface area contributed by atoms with Crippen LogP contribution < -0.4 is 0 Å². The normalized spacial score (nSPS) is 31.6. The largest absolute Gasteiger partial charge is 0.467 e. The van der Waals surface area contributed by atoms with E-state index in [0.29, 0.717) is 0 Å². The van der Waals surface area contributed by atoms with Gasteiger partial charge in [0.2, 0.25) is 5.60 Å². The van der Waals surface area contributed by atoms with Crippen LogP contribution in [0.3, 0.4) is 0 Å². The maximum Gasteiger partial charge on any atom is 0.341 e. The standard InChI is InChI=1S/C16H20O3/c1-10(2)16(14(17)18-4)15(19-16)8-7-12-6-5-11(3)9-13(12)15/h5-6,9-10H,7-8H2,1-4H3. The highest BCUT2D eigenvalue weighted by Gasteiger charge is 2.78. The molecule has 1 aliphatic heterocycles. The van der Waals surface area contributed by atoms with E-state index in [4.69, 9.17) is 9.47 Å². The first-order chi connectivity index (χ1) is 8.98. The molecule has 0 saturated carbocycles. The molecular formula is C16H20O3. The molecule has 1 aromatic rings. The van der Waals surface area contributed by atoms with Gasteiger partial charge in [-0.1, -0.05) is 37.6 Å². The number of aryl methyl sites for hydroxylation is 2. The lowest BCUT2D eigenvalue weighted by molar-refractivity contribution is -0.148. The van der Waals surface area contributed by atoms with Crippen LogP contribution in [0.5, 0.6) is 0 Å². The van der Waals surface area contributed by atoms with Crippen molar-refractivity contribution in [3.8, 4) is 0 Å². The minimum absolute atomic E-state index is 0.103. The molecule has 3 rings (SSSR count). The Labute approximate surface area is 113 Å². The molecule has 0 amide bonds. The van der Waals surface area contributed by atoms with Gasteiger partial charge in [-0.25, -0.2) is 4.79 Å². The lowest BCUT2D eigenvalue weighted by Crippen LogP contribution is -2.38. The van der Waals surface area contributed by atoms with E-state index in [1.807, 2.05) is 13.8 Å². The third-order valence-corrected chi connectivity index (χ3v) is 4.64. The molecule has 3 nitrogen and oxygen atoms in total. The summed E-state index contributed by atoms with van der Waals surface area (Å²) in [6, 6.07) is 6.44. The zero-order valence-electron chi connectivity index (χ0n) is 11.9. The Bertz CT molecular complexity index is 549. The maximum atomic E-state index is 12.2. The fourth-order valence-electron chi connectivity index (χ4n) is 3.65. The second-order valence-corrected chi connectivity index (χ2v) is 5.97. The lowest BCUT2D eigenvalue weighted by Gasteiger charge is -2.19. The van der Waals surface area contributed by atoms with Gasteiger partial charge in [0.25, 0.3) is 0 Å². The molecule has 1 saturated heterocycles. The topological polar surface area (TPSA) is 38.8 Å². The second-order valence-electron chi connectivity index (χ2n) is 5.97. The average Bonchev–Trinajstić information content (AvgIpc) is 2.95. The molecule has 102 valence electrons. The van der Waals surface area contributed by atoms with Crippen molar-refractivity contribution in [3.63, 3.8) is 0 Å². The van der Waals surface area contributed by atoms with Gasteiger partial charge in [-0.3, -0.25) is 0 Å². The van der Waals surface area contributed by atoms with Gasteiger partial charge < -0.3 is 9.47 Å². The summed E-state index contributed by atoms with van der Waals surface area (Å²) in [5.74, 6) is -0.136. The van der Waals surface area contributed by atoms with Gasteiger partial charge in [0.1, 0.15) is 5.60 Å². The number of hydrogen-bond donors (Lipinski definition) is 0. The van der Waals surface area contributed by atoms with Crippen LogP contribution in [-0.4, -0.2) is 18.7 Å². The van der Waals surface area contributed by atoms with Crippen LogP contribution >= 0.6 is 0 Å². The molecule has 2 atom stereocenters. The second kappa shape index (κ2) is 3.83. The Morgan fingerprint density at radius 3 is 2.79 bits per heavy atom. The van der Waals surface area contributed by atoms with E-state index >= 15 is 0 Å². The number of fused-ring (bicyclic) bond motifs is 2. The first-order valence-electron chi connectivity index (χ1n) is 6.86. The van der Waals surface area contributed by atoms with Crippen molar-refractivity contribution in [1.29, 1.82) is 0 Å². The highest BCUT2D eigenvalue weighted by molar-refractivity contribution is 5.86. The fourth-order valence-corrected chi connectivity index (χ4v) is 3.65. The van der Waals surface area contributed by atoms with Crippen molar-refractivity contribution >= 4 is 5.97 Å². The predicted molar refractivity (Wildman–Crippen MR) is 71.8 cm³/mol. The first kappa shape index (κ1) is 12.7. The summed E-state index contributed by atoms with van der Waals surface area (Å²) in [5.41, 5.74) is 2.46. The summed E-state index contributed by atoms with van der Waals surface area (Å²) < 4.78 is 11.1. The van der Waals surface area contributed by atoms with Gasteiger partial charge in [0.05, 0.1) is 7.11 Å². The summed E-state index contributed by atoms with van der Waals surface area (Å²) in [6.45, 7) is 6.13. The van der Waals surface area contributed by atoms with Crippen LogP contribution in [0, 0.1) is 12.8 Å². The maximum absolute atomic E-state index is 12.2. The van der Waals surface area contributed by atoms with E-state index in [0.717, 1.165) is 12.8 Å². The molecule has 2 aliphatic rings. The van der Waals surface area contributed by atoms with Crippen LogP contribution in [-0.2, 0) is 26.3 Å². The van der Waals surface area contributed by atoms with Crippen LogP contribution in [0.25, 0.3) is 0 Å². The van der Waals surface area contributed by atoms with E-state index in [2.05, 4.69) is 25.1 Å². The monoisotopic (exact) mass is 260 g/mol. The quantitative estimate of drug-likeness (QED) is 0.606. The van der Waals surface area contributed by atoms with Crippen LogP contribution in [0.2, 0.25) is 0 Å². The van der Waals surface area contributed by atoms with Crippen molar-refractivity contribution in [1.82, 2.24) is 0 Å². The fraction of sp³-hybridized carbons (Fsp3) is 0.562. The first-order valence-corrected chi connectivity index (χ1v) is 6.86. The Balaban J connectivity index is 2.10. The number of carbonyl (C=O) groups is 1. The number of rotatable bonds is 2. The SMILES string of the molecule is COC(=O)C1(C(C)C)OC12CCc1ccc(C)cc12. The summed E-state index contributed by atoms with van der Waals surface area (Å²) in [7, 11) is 1.44. The number of hydrogen-bond acceptors (Lipinski definition) is 3. The molecule has 0 bridgehead atoms. The minimum atomic E-state index is -0.791. The highest BCUT2D eigenvalue weighted by Crippen LogP contribution is 2.65. The van der Waals surface area contributed by atoms with Gasteiger partial charge in [-0.2, -0.15) is 0 Å². The molecule has 1 aromatic carbocycles. The van der Waals surface area contributed by atoms with Gasteiger partial charge in [-0.05, 0) is 36.8 Å². The Morgan fingerprint density at radius 2 is 2.16 bits per heavy atom. The molecule has 0 aromatic heterocycles. The van der Waals surface area contributed by atoms with Crippen molar-refractivity contribution < 1.29 is 14.3 Å². The summed E-state index contributed by atoms with van der Waals surface area (Å²) in [5, 5.41) is 0. The Hall–Kier alpha value is -1.35. The summed E-state index contributed by atoms with van der Waals surface area (Å²) >= 11 is 0. The molecule has 19 heavy (non-hydrogen) atoms. The van der Waals surface area contributed by atoms with Gasteiger partial charge >= 0.3 is 5.97 Å². The van der Waals surface area contributed by atoms with E-state index < -0.39 is 11.2 Å². The van der Waals surface area contributed by atoms with E-state index in [-0.39, 0.29) is 11.9 Å². The molecule has 1 fully saturated rings. The molecule has 3 heteroatoms. The zero-order valence-corrected chi connectivity index (χ0v) is 11.9. The third kappa shape index (κ3) is 1.39. The summed E-state index contributed by atoms with van der Waals surface area (Å²) in [4.78, 5) is 12.2. The number of ether oxygens (including phenoxy) is 2. The van der Waals surface area contributed by atoms with Crippen LogP contribution in [0.1, 0.15) is 37.0 Å². The lowest BCUT2D eigenvalue weighted by atomic mass is 9.80. The zero-order chi connectivity index (χ0) is 13.8. The smallest absolute Gasteiger partial charge is 0.341 e. The van der Waals surface area contributed by atoms with E-state index in [9.17, 15) is 4.79 Å². The number of methoxy groups -OCH3 is 1. The molecule has 2 unspecified atom stereocenters. The Morgan fingerprint density at radius 1 is 1.42 bits per heavy atom. The van der Waals surface area contributed by atoms with Crippen molar-refractivity contribution in [2.45, 2.75) is 44.8 Å². The number of esters is 1. The van der Waals surface area contributed by atoms with Crippen molar-refractivity contribution in [3.05, 3.63) is 34.9 Å². The van der Waals surface area contributed by atoms with Gasteiger partial charge in [-0.15, -0.1) is 0 Å². The third-order valence-electron chi connectivity index (χ3n) is 4.64. The molecule has 0 N–H and O–H groups in total. The molecular weight excluding hydrogens is 240 g/mol. The van der Waals surface area contributed by atoms with Crippen molar-refractivity contribution in [2.24, 2.45) is 5.92 Å². The number of benzene rings is 1. The number of epoxide rings is 1. The Kier molecular flexibility index (Phi) is 2.55. The van der Waals surface area contributed by atoms with Gasteiger partial charge in [0.15, 0.2) is 0 Å². The molecule has 0 radical (unpaired) electrons. The number of carbonyl (C=O) groups excluding carboxylic acids is 1. The van der Waals surface area contributed by atoms with E-state index in [1.54, 1.807) is 0 Å². The molecule has 1 aliphatic carbocycles. The van der Waals surface area contributed by atoms with Gasteiger partial charge in [0, 0.05) is 0 Å². The highest BCUT2D eigenvalue weighted by atomic mass is 16.7. The van der Waals surface area contributed by atoms with Crippen LogP contribution in [0.15, 0.2) is 18.2 Å². The summed E-state index contributed by atoms with van der Waals surface area (Å²) in [6.07, 6.45) is 1.85. The predicted octanol–water partition coefficient (Wildman–Crippen LogP) is 2.73. The van der Waals surface area contributed by atoms with E-state index in [1.165, 1.54) is 23.8 Å². The minimum Gasteiger partial charge on any atom is -0.467 e. The molecule has 1 spiro atoms.